The van der Waals surface area contributed by atoms with E-state index in [1.807, 2.05) is 6.07 Å². The fourth-order valence-electron chi connectivity index (χ4n) is 2.67. The van der Waals surface area contributed by atoms with Crippen molar-refractivity contribution in [2.24, 2.45) is 5.92 Å². The molecule has 1 aliphatic rings. The molecule has 1 N–H and O–H groups in total. The summed E-state index contributed by atoms with van der Waals surface area (Å²) < 4.78 is 0. The van der Waals surface area contributed by atoms with Gasteiger partial charge < -0.3 is 14.9 Å². The predicted molar refractivity (Wildman–Crippen MR) is 84.8 cm³/mol. The SMILES string of the molecule is CN1CCC(CN(C)Cc2ccc(C#CCO)s2)CC1. The van der Waals surface area contributed by atoms with Gasteiger partial charge in [-0.1, -0.05) is 11.8 Å². The lowest BCUT2D eigenvalue weighted by molar-refractivity contribution is 0.174. The van der Waals surface area contributed by atoms with E-state index in [1.54, 1.807) is 11.3 Å². The predicted octanol–water partition coefficient (Wildman–Crippen LogP) is 1.87. The summed E-state index contributed by atoms with van der Waals surface area (Å²) in [7, 11) is 4.41. The zero-order valence-corrected chi connectivity index (χ0v) is 13.2. The summed E-state index contributed by atoms with van der Waals surface area (Å²) in [5.74, 6) is 6.51. The van der Waals surface area contributed by atoms with Crippen LogP contribution in [0.1, 0.15) is 22.6 Å². The lowest BCUT2D eigenvalue weighted by Gasteiger charge is -2.31. The number of likely N-dealkylation sites (tertiary alicyclic amines) is 1. The highest BCUT2D eigenvalue weighted by Gasteiger charge is 2.18. The summed E-state index contributed by atoms with van der Waals surface area (Å²) >= 11 is 1.73. The van der Waals surface area contributed by atoms with Crippen LogP contribution in [0.2, 0.25) is 0 Å². The van der Waals surface area contributed by atoms with Gasteiger partial charge in [-0.15, -0.1) is 11.3 Å². The number of hydrogen-bond donors (Lipinski definition) is 1. The molecule has 1 aromatic heterocycles. The van der Waals surface area contributed by atoms with E-state index in [-0.39, 0.29) is 6.61 Å². The Kier molecular flexibility index (Phi) is 6.06. The summed E-state index contributed by atoms with van der Waals surface area (Å²) in [5, 5.41) is 8.70. The van der Waals surface area contributed by atoms with Gasteiger partial charge in [0.2, 0.25) is 0 Å². The second-order valence-corrected chi connectivity index (χ2v) is 6.84. The van der Waals surface area contributed by atoms with Gasteiger partial charge in [-0.25, -0.2) is 0 Å². The van der Waals surface area contributed by atoms with Crippen molar-refractivity contribution in [2.45, 2.75) is 19.4 Å². The van der Waals surface area contributed by atoms with Crippen molar-refractivity contribution in [2.75, 3.05) is 40.3 Å². The Morgan fingerprint density at radius 2 is 2.15 bits per heavy atom. The zero-order valence-electron chi connectivity index (χ0n) is 12.4. The maximum absolute atomic E-state index is 8.70. The molecule has 0 aliphatic carbocycles. The van der Waals surface area contributed by atoms with Crippen LogP contribution in [-0.2, 0) is 6.54 Å². The summed E-state index contributed by atoms with van der Waals surface area (Å²) in [4.78, 5) is 7.23. The van der Waals surface area contributed by atoms with Crippen molar-refractivity contribution in [3.8, 4) is 11.8 Å². The molecule has 3 nitrogen and oxygen atoms in total. The van der Waals surface area contributed by atoms with Crippen LogP contribution in [0.4, 0.5) is 0 Å². The third-order valence-electron chi connectivity index (χ3n) is 3.79. The van der Waals surface area contributed by atoms with Gasteiger partial charge >= 0.3 is 0 Å². The van der Waals surface area contributed by atoms with E-state index < -0.39 is 0 Å². The van der Waals surface area contributed by atoms with E-state index in [1.165, 1.54) is 37.4 Å². The maximum Gasteiger partial charge on any atom is 0.104 e. The molecule has 110 valence electrons. The molecule has 0 bridgehead atoms. The van der Waals surface area contributed by atoms with Gasteiger partial charge in [0.05, 0.1) is 4.88 Å². The average Bonchev–Trinajstić information content (AvgIpc) is 2.86. The highest BCUT2D eigenvalue weighted by Crippen LogP contribution is 2.20. The lowest BCUT2D eigenvalue weighted by Crippen LogP contribution is -2.35. The summed E-state index contributed by atoms with van der Waals surface area (Å²) in [6.45, 7) is 4.58. The molecule has 4 heteroatoms. The Morgan fingerprint density at radius 3 is 2.85 bits per heavy atom. The molecule has 2 rings (SSSR count). The van der Waals surface area contributed by atoms with Gasteiger partial charge in [0.15, 0.2) is 0 Å². The monoisotopic (exact) mass is 292 g/mol. The third kappa shape index (κ3) is 4.92. The zero-order chi connectivity index (χ0) is 14.4. The molecule has 0 radical (unpaired) electrons. The molecular weight excluding hydrogens is 268 g/mol. The topological polar surface area (TPSA) is 26.7 Å². The average molecular weight is 292 g/mol. The minimum Gasteiger partial charge on any atom is -0.384 e. The van der Waals surface area contributed by atoms with Crippen LogP contribution < -0.4 is 0 Å². The Hall–Kier alpha value is -0.860. The molecule has 1 fully saturated rings. The molecule has 0 saturated carbocycles. The molecule has 0 aromatic carbocycles. The van der Waals surface area contributed by atoms with E-state index in [4.69, 9.17) is 5.11 Å². The van der Waals surface area contributed by atoms with Crippen LogP contribution in [-0.4, -0.2) is 55.2 Å². The third-order valence-corrected chi connectivity index (χ3v) is 4.77. The Bertz CT molecular complexity index is 466. The summed E-state index contributed by atoms with van der Waals surface area (Å²) in [6.07, 6.45) is 2.64. The quantitative estimate of drug-likeness (QED) is 0.858. The smallest absolute Gasteiger partial charge is 0.104 e. The minimum absolute atomic E-state index is 0.0662. The van der Waals surface area contributed by atoms with E-state index in [9.17, 15) is 0 Å². The second-order valence-electron chi connectivity index (χ2n) is 5.67. The van der Waals surface area contributed by atoms with E-state index in [0.29, 0.717) is 0 Å². The van der Waals surface area contributed by atoms with Crippen molar-refractivity contribution in [3.63, 3.8) is 0 Å². The van der Waals surface area contributed by atoms with Crippen molar-refractivity contribution >= 4 is 11.3 Å². The summed E-state index contributed by atoms with van der Waals surface area (Å²) in [6, 6.07) is 4.20. The normalized spacial score (nSPS) is 17.2. The molecule has 0 spiro atoms. The largest absolute Gasteiger partial charge is 0.384 e. The fourth-order valence-corrected chi connectivity index (χ4v) is 3.64. The standard InChI is InChI=1S/C16H24N2OS/c1-17-9-7-14(8-10-17)12-18(2)13-16-6-5-15(20-16)4-3-11-19/h5-6,14,19H,7-13H2,1-2H3. The van der Waals surface area contributed by atoms with Gasteiger partial charge in [0, 0.05) is 18.0 Å². The van der Waals surface area contributed by atoms with Crippen LogP contribution in [0.5, 0.6) is 0 Å². The number of thiophene rings is 1. The first-order chi connectivity index (χ1) is 9.67. The van der Waals surface area contributed by atoms with E-state index in [0.717, 1.165) is 17.3 Å². The van der Waals surface area contributed by atoms with Crippen LogP contribution in [0, 0.1) is 17.8 Å². The molecule has 1 saturated heterocycles. The molecular formula is C16H24N2OS. The minimum atomic E-state index is -0.0662. The molecule has 0 unspecified atom stereocenters. The van der Waals surface area contributed by atoms with Crippen LogP contribution in [0.3, 0.4) is 0 Å². The molecule has 1 aliphatic heterocycles. The molecule has 2 heterocycles. The summed E-state index contributed by atoms with van der Waals surface area (Å²) in [5.41, 5.74) is 0. The van der Waals surface area contributed by atoms with E-state index in [2.05, 4.69) is 41.8 Å². The first-order valence-electron chi connectivity index (χ1n) is 7.23. The first kappa shape index (κ1) is 15.5. The van der Waals surface area contributed by atoms with Crippen molar-refractivity contribution in [1.29, 1.82) is 0 Å². The number of hydrogen-bond acceptors (Lipinski definition) is 4. The van der Waals surface area contributed by atoms with Gasteiger partial charge in [-0.05, 0) is 58.1 Å². The van der Waals surface area contributed by atoms with Gasteiger partial charge in [-0.2, -0.15) is 0 Å². The van der Waals surface area contributed by atoms with Gasteiger partial charge in [0.25, 0.3) is 0 Å². The molecule has 0 amide bonds. The number of rotatable bonds is 4. The lowest BCUT2D eigenvalue weighted by atomic mass is 9.97. The van der Waals surface area contributed by atoms with Crippen molar-refractivity contribution in [3.05, 3.63) is 21.9 Å². The fraction of sp³-hybridized carbons (Fsp3) is 0.625. The molecule has 0 atom stereocenters. The molecule has 20 heavy (non-hydrogen) atoms. The number of aliphatic hydroxyl groups excluding tert-OH is 1. The number of nitrogens with zero attached hydrogens (tertiary/aromatic N) is 2. The van der Waals surface area contributed by atoms with Crippen LogP contribution >= 0.6 is 11.3 Å². The van der Waals surface area contributed by atoms with Gasteiger partial charge in [-0.3, -0.25) is 0 Å². The number of piperidine rings is 1. The first-order valence-corrected chi connectivity index (χ1v) is 8.04. The van der Waals surface area contributed by atoms with Crippen LogP contribution in [0.25, 0.3) is 0 Å². The number of aliphatic hydroxyl groups is 1. The second kappa shape index (κ2) is 7.80. The van der Waals surface area contributed by atoms with E-state index >= 15 is 0 Å². The van der Waals surface area contributed by atoms with Crippen molar-refractivity contribution < 1.29 is 5.11 Å². The van der Waals surface area contributed by atoms with Gasteiger partial charge in [0.1, 0.15) is 6.61 Å². The Balaban J connectivity index is 1.79. The highest BCUT2D eigenvalue weighted by atomic mass is 32.1. The van der Waals surface area contributed by atoms with Crippen molar-refractivity contribution in [1.82, 2.24) is 9.80 Å². The Labute approximate surface area is 126 Å². The maximum atomic E-state index is 8.70. The highest BCUT2D eigenvalue weighted by molar-refractivity contribution is 7.12. The molecule has 1 aromatic rings. The Morgan fingerprint density at radius 1 is 1.40 bits per heavy atom. The van der Waals surface area contributed by atoms with Crippen LogP contribution in [0.15, 0.2) is 12.1 Å².